The summed E-state index contributed by atoms with van der Waals surface area (Å²) in [6.45, 7) is 5.00. The van der Waals surface area contributed by atoms with Crippen LogP contribution in [0.25, 0.3) is 0 Å². The average molecular weight is 267 g/mol. The Hall–Kier alpha value is -1.10. The van der Waals surface area contributed by atoms with Crippen molar-refractivity contribution in [3.8, 4) is 0 Å². The first kappa shape index (κ1) is 14.3. The second kappa shape index (κ2) is 6.89. The third kappa shape index (κ3) is 3.69. The van der Waals surface area contributed by atoms with Crippen molar-refractivity contribution in [2.24, 2.45) is 5.92 Å². The second-order valence-corrected chi connectivity index (χ2v) is 5.53. The Morgan fingerprint density at radius 1 is 1.32 bits per heavy atom. The number of nitrogens with zero attached hydrogens (tertiary/aromatic N) is 1. The Kier molecular flexibility index (Phi) is 5.19. The van der Waals surface area contributed by atoms with Crippen molar-refractivity contribution in [2.45, 2.75) is 45.1 Å². The zero-order valence-electron chi connectivity index (χ0n) is 11.8. The van der Waals surface area contributed by atoms with E-state index >= 15 is 0 Å². The molecular formula is C14H25N3O2. The van der Waals surface area contributed by atoms with Gasteiger partial charge in [-0.1, -0.05) is 19.8 Å². The summed E-state index contributed by atoms with van der Waals surface area (Å²) >= 11 is 0. The largest absolute Gasteiger partial charge is 0.355 e. The smallest absolute Gasteiger partial charge is 0.225 e. The summed E-state index contributed by atoms with van der Waals surface area (Å²) in [7, 11) is 0. The fourth-order valence-corrected chi connectivity index (χ4v) is 3.07. The molecule has 2 amide bonds. The molecule has 1 aliphatic carbocycles. The van der Waals surface area contributed by atoms with E-state index in [9.17, 15) is 9.59 Å². The Morgan fingerprint density at radius 2 is 2.05 bits per heavy atom. The molecule has 5 heteroatoms. The molecule has 1 heterocycles. The number of carbonyl (C=O) groups is 2. The zero-order valence-corrected chi connectivity index (χ0v) is 11.8. The van der Waals surface area contributed by atoms with Gasteiger partial charge in [-0.05, 0) is 19.4 Å². The van der Waals surface area contributed by atoms with Gasteiger partial charge >= 0.3 is 0 Å². The van der Waals surface area contributed by atoms with Crippen molar-refractivity contribution in [3.05, 3.63) is 0 Å². The van der Waals surface area contributed by atoms with E-state index in [0.29, 0.717) is 25.6 Å². The summed E-state index contributed by atoms with van der Waals surface area (Å²) in [4.78, 5) is 25.9. The monoisotopic (exact) mass is 267 g/mol. The van der Waals surface area contributed by atoms with Crippen LogP contribution in [0.2, 0.25) is 0 Å². The maximum atomic E-state index is 12.0. The van der Waals surface area contributed by atoms with Gasteiger partial charge in [0.1, 0.15) is 0 Å². The number of likely N-dealkylation sites (N-methyl/N-ethyl adjacent to an activating group) is 1. The van der Waals surface area contributed by atoms with Gasteiger partial charge in [0, 0.05) is 32.1 Å². The normalized spacial score (nSPS) is 24.2. The van der Waals surface area contributed by atoms with Crippen LogP contribution in [-0.2, 0) is 9.59 Å². The minimum atomic E-state index is -0.144. The number of likely N-dealkylation sites (tertiary alicyclic amines) is 1. The van der Waals surface area contributed by atoms with Crippen LogP contribution in [0.4, 0.5) is 0 Å². The number of hydrogen-bond acceptors (Lipinski definition) is 3. The van der Waals surface area contributed by atoms with Crippen molar-refractivity contribution in [1.82, 2.24) is 15.5 Å². The second-order valence-electron chi connectivity index (χ2n) is 5.53. The maximum absolute atomic E-state index is 12.0. The number of amides is 2. The highest BCUT2D eigenvalue weighted by Gasteiger charge is 2.38. The van der Waals surface area contributed by atoms with Gasteiger partial charge in [0.25, 0.3) is 0 Å². The Balaban J connectivity index is 1.76. The van der Waals surface area contributed by atoms with Gasteiger partial charge in [-0.25, -0.2) is 0 Å². The molecule has 0 aromatic rings. The van der Waals surface area contributed by atoms with E-state index in [4.69, 9.17) is 0 Å². The molecule has 1 aliphatic heterocycles. The minimum Gasteiger partial charge on any atom is -0.355 e. The van der Waals surface area contributed by atoms with Gasteiger partial charge < -0.3 is 15.5 Å². The molecule has 2 aliphatic rings. The van der Waals surface area contributed by atoms with Crippen molar-refractivity contribution in [3.63, 3.8) is 0 Å². The first-order chi connectivity index (χ1) is 9.22. The van der Waals surface area contributed by atoms with Gasteiger partial charge in [0.2, 0.25) is 11.8 Å². The molecule has 0 spiro atoms. The standard InChI is InChI=1S/C14H25N3O2/c1-2-15-7-8-16-14(19)11-9-13(18)17(10-11)12-5-3-4-6-12/h11-12,15H,2-10H2,1H3,(H,16,19). The van der Waals surface area contributed by atoms with Crippen LogP contribution in [0.15, 0.2) is 0 Å². The van der Waals surface area contributed by atoms with Crippen LogP contribution in [0.3, 0.4) is 0 Å². The zero-order chi connectivity index (χ0) is 13.7. The molecule has 2 N–H and O–H groups in total. The van der Waals surface area contributed by atoms with Gasteiger partial charge in [-0.2, -0.15) is 0 Å². The quantitative estimate of drug-likeness (QED) is 0.689. The molecule has 19 heavy (non-hydrogen) atoms. The van der Waals surface area contributed by atoms with Crippen molar-refractivity contribution >= 4 is 11.8 Å². The van der Waals surface area contributed by atoms with Crippen LogP contribution in [0.5, 0.6) is 0 Å². The van der Waals surface area contributed by atoms with Gasteiger partial charge in [-0.15, -0.1) is 0 Å². The molecule has 0 radical (unpaired) electrons. The van der Waals surface area contributed by atoms with Gasteiger partial charge in [-0.3, -0.25) is 9.59 Å². The highest BCUT2D eigenvalue weighted by Crippen LogP contribution is 2.29. The van der Waals surface area contributed by atoms with Crippen LogP contribution in [-0.4, -0.2) is 48.9 Å². The van der Waals surface area contributed by atoms with Crippen LogP contribution < -0.4 is 10.6 Å². The van der Waals surface area contributed by atoms with E-state index in [0.717, 1.165) is 25.9 Å². The molecule has 2 rings (SSSR count). The third-order valence-corrected chi connectivity index (χ3v) is 4.15. The maximum Gasteiger partial charge on any atom is 0.225 e. The van der Waals surface area contributed by atoms with Crippen LogP contribution >= 0.6 is 0 Å². The van der Waals surface area contributed by atoms with E-state index in [2.05, 4.69) is 10.6 Å². The number of rotatable bonds is 6. The molecule has 2 fully saturated rings. The fourth-order valence-electron chi connectivity index (χ4n) is 3.07. The molecule has 1 saturated carbocycles. The number of hydrogen-bond donors (Lipinski definition) is 2. The predicted octanol–water partition coefficient (Wildman–Crippen LogP) is 0.503. The van der Waals surface area contributed by atoms with Crippen LogP contribution in [0.1, 0.15) is 39.0 Å². The van der Waals surface area contributed by atoms with E-state index in [1.807, 2.05) is 11.8 Å². The van der Waals surface area contributed by atoms with E-state index in [1.54, 1.807) is 0 Å². The molecular weight excluding hydrogens is 242 g/mol. The van der Waals surface area contributed by atoms with Gasteiger partial charge in [0.05, 0.1) is 5.92 Å². The Labute approximate surface area is 115 Å². The minimum absolute atomic E-state index is 0.0340. The summed E-state index contributed by atoms with van der Waals surface area (Å²) in [5.74, 6) is 0.0557. The molecule has 0 bridgehead atoms. The summed E-state index contributed by atoms with van der Waals surface area (Å²) in [5, 5.41) is 6.08. The summed E-state index contributed by atoms with van der Waals surface area (Å²) in [6.07, 6.45) is 5.05. The SMILES string of the molecule is CCNCCNC(=O)C1CC(=O)N(C2CCCC2)C1. The Morgan fingerprint density at radius 3 is 2.74 bits per heavy atom. The number of nitrogens with one attached hydrogen (secondary N) is 2. The van der Waals surface area contributed by atoms with E-state index < -0.39 is 0 Å². The van der Waals surface area contributed by atoms with Crippen LogP contribution in [0, 0.1) is 5.92 Å². The molecule has 1 atom stereocenters. The highest BCUT2D eigenvalue weighted by atomic mass is 16.2. The molecule has 1 unspecified atom stereocenters. The van der Waals surface area contributed by atoms with Crippen molar-refractivity contribution in [2.75, 3.05) is 26.2 Å². The molecule has 108 valence electrons. The van der Waals surface area contributed by atoms with Crippen molar-refractivity contribution < 1.29 is 9.59 Å². The van der Waals surface area contributed by atoms with Crippen molar-refractivity contribution in [1.29, 1.82) is 0 Å². The number of carbonyl (C=O) groups excluding carboxylic acids is 2. The lowest BCUT2D eigenvalue weighted by Crippen LogP contribution is -2.38. The van der Waals surface area contributed by atoms with E-state index in [1.165, 1.54) is 12.8 Å². The first-order valence-electron chi connectivity index (χ1n) is 7.50. The lowest BCUT2D eigenvalue weighted by atomic mass is 10.1. The molecule has 0 aromatic heterocycles. The summed E-state index contributed by atoms with van der Waals surface area (Å²) < 4.78 is 0. The third-order valence-electron chi connectivity index (χ3n) is 4.15. The van der Waals surface area contributed by atoms with E-state index in [-0.39, 0.29) is 17.7 Å². The topological polar surface area (TPSA) is 61.4 Å². The predicted molar refractivity (Wildman–Crippen MR) is 73.6 cm³/mol. The average Bonchev–Trinajstić information content (AvgIpc) is 3.03. The molecule has 1 saturated heterocycles. The molecule has 5 nitrogen and oxygen atoms in total. The highest BCUT2D eigenvalue weighted by molar-refractivity contribution is 5.89. The van der Waals surface area contributed by atoms with Gasteiger partial charge in [0.15, 0.2) is 0 Å². The fraction of sp³-hybridized carbons (Fsp3) is 0.857. The summed E-state index contributed by atoms with van der Waals surface area (Å²) in [5.41, 5.74) is 0. The first-order valence-corrected chi connectivity index (χ1v) is 7.50. The molecule has 0 aromatic carbocycles. The lowest BCUT2D eigenvalue weighted by Gasteiger charge is -2.23. The Bertz CT molecular complexity index is 327. The lowest BCUT2D eigenvalue weighted by molar-refractivity contribution is -0.130. The summed E-state index contributed by atoms with van der Waals surface area (Å²) in [6, 6.07) is 0.395.